The van der Waals surface area contributed by atoms with E-state index in [1.54, 1.807) is 13.3 Å². The van der Waals surface area contributed by atoms with Crippen LogP contribution < -0.4 is 10.1 Å². The summed E-state index contributed by atoms with van der Waals surface area (Å²) in [6.45, 7) is 10.6. The summed E-state index contributed by atoms with van der Waals surface area (Å²) in [7, 11) is 1.66. The SMILES string of the molecule is C=CCc1cc(Nc2ccnc3ccc(OC)cc23)cc(CN(CC)CC)c1O. The van der Waals surface area contributed by atoms with Crippen LogP contribution in [0.1, 0.15) is 25.0 Å². The van der Waals surface area contributed by atoms with Gasteiger partial charge in [-0.25, -0.2) is 0 Å². The Morgan fingerprint density at radius 1 is 1.14 bits per heavy atom. The number of anilines is 2. The fourth-order valence-electron chi connectivity index (χ4n) is 3.47. The van der Waals surface area contributed by atoms with Crippen molar-refractivity contribution in [2.75, 3.05) is 25.5 Å². The molecule has 1 aromatic heterocycles. The summed E-state index contributed by atoms with van der Waals surface area (Å²) in [5.41, 5.74) is 4.54. The van der Waals surface area contributed by atoms with Crippen LogP contribution >= 0.6 is 0 Å². The molecule has 5 nitrogen and oxygen atoms in total. The summed E-state index contributed by atoms with van der Waals surface area (Å²) in [4.78, 5) is 6.72. The van der Waals surface area contributed by atoms with Crippen molar-refractivity contribution >= 4 is 22.3 Å². The summed E-state index contributed by atoms with van der Waals surface area (Å²) >= 11 is 0. The number of aromatic hydroxyl groups is 1. The second kappa shape index (κ2) is 9.43. The van der Waals surface area contributed by atoms with E-state index < -0.39 is 0 Å². The van der Waals surface area contributed by atoms with Crippen molar-refractivity contribution in [3.05, 3.63) is 66.4 Å². The van der Waals surface area contributed by atoms with E-state index in [1.807, 2.05) is 42.5 Å². The van der Waals surface area contributed by atoms with Crippen LogP contribution in [0.25, 0.3) is 10.9 Å². The van der Waals surface area contributed by atoms with E-state index in [9.17, 15) is 5.11 Å². The average molecular weight is 392 g/mol. The van der Waals surface area contributed by atoms with E-state index in [0.717, 1.165) is 52.2 Å². The minimum Gasteiger partial charge on any atom is -0.507 e. The number of hydrogen-bond donors (Lipinski definition) is 2. The van der Waals surface area contributed by atoms with Crippen molar-refractivity contribution in [3.8, 4) is 11.5 Å². The second-order valence-electron chi connectivity index (χ2n) is 6.96. The highest BCUT2D eigenvalue weighted by molar-refractivity contribution is 5.93. The number of hydrogen-bond acceptors (Lipinski definition) is 5. The minimum absolute atomic E-state index is 0.351. The van der Waals surface area contributed by atoms with Gasteiger partial charge in [0.25, 0.3) is 0 Å². The normalized spacial score (nSPS) is 11.0. The predicted octanol–water partition coefficient (Wildman–Crippen LogP) is 5.26. The van der Waals surface area contributed by atoms with Gasteiger partial charge in [0.05, 0.1) is 12.6 Å². The molecule has 0 saturated heterocycles. The smallest absolute Gasteiger partial charge is 0.123 e. The molecule has 152 valence electrons. The van der Waals surface area contributed by atoms with Gasteiger partial charge in [-0.2, -0.15) is 0 Å². The third kappa shape index (κ3) is 4.69. The van der Waals surface area contributed by atoms with Gasteiger partial charge in [0, 0.05) is 40.6 Å². The maximum Gasteiger partial charge on any atom is 0.123 e. The lowest BCUT2D eigenvalue weighted by Crippen LogP contribution is -2.22. The molecule has 0 unspecified atom stereocenters. The Labute approximate surface area is 172 Å². The topological polar surface area (TPSA) is 57.6 Å². The quantitative estimate of drug-likeness (QED) is 0.385. The molecule has 3 aromatic rings. The molecule has 0 aliphatic carbocycles. The number of fused-ring (bicyclic) bond motifs is 1. The van der Waals surface area contributed by atoms with Gasteiger partial charge in [-0.15, -0.1) is 6.58 Å². The second-order valence-corrected chi connectivity index (χ2v) is 6.96. The molecule has 5 heteroatoms. The van der Waals surface area contributed by atoms with Crippen LogP contribution in [0.2, 0.25) is 0 Å². The van der Waals surface area contributed by atoms with Gasteiger partial charge in [-0.05, 0) is 55.9 Å². The van der Waals surface area contributed by atoms with E-state index in [1.165, 1.54) is 0 Å². The van der Waals surface area contributed by atoms with E-state index >= 15 is 0 Å². The first-order valence-electron chi connectivity index (χ1n) is 9.97. The zero-order chi connectivity index (χ0) is 20.8. The van der Waals surface area contributed by atoms with Crippen molar-refractivity contribution in [2.45, 2.75) is 26.8 Å². The Morgan fingerprint density at radius 2 is 1.90 bits per heavy atom. The highest BCUT2D eigenvalue weighted by Crippen LogP contribution is 2.33. The molecule has 0 aliphatic heterocycles. The molecule has 0 radical (unpaired) electrons. The lowest BCUT2D eigenvalue weighted by Gasteiger charge is -2.21. The maximum atomic E-state index is 10.8. The number of allylic oxidation sites excluding steroid dienone is 1. The Bertz CT molecular complexity index is 997. The number of rotatable bonds is 9. The van der Waals surface area contributed by atoms with Crippen molar-refractivity contribution in [1.82, 2.24) is 9.88 Å². The Balaban J connectivity index is 2.03. The molecule has 2 N–H and O–H groups in total. The fraction of sp³-hybridized carbons (Fsp3) is 0.292. The minimum atomic E-state index is 0.351. The first kappa shape index (κ1) is 20.7. The number of phenols is 1. The molecule has 29 heavy (non-hydrogen) atoms. The molecule has 0 bridgehead atoms. The summed E-state index contributed by atoms with van der Waals surface area (Å²) in [6.07, 6.45) is 4.21. The number of ether oxygens (including phenoxy) is 1. The van der Waals surface area contributed by atoms with Gasteiger partial charge < -0.3 is 15.2 Å². The first-order chi connectivity index (χ1) is 14.1. The number of methoxy groups -OCH3 is 1. The zero-order valence-corrected chi connectivity index (χ0v) is 17.4. The van der Waals surface area contributed by atoms with Gasteiger partial charge in [-0.1, -0.05) is 19.9 Å². The summed E-state index contributed by atoms with van der Waals surface area (Å²) in [6, 6.07) is 11.8. The zero-order valence-electron chi connectivity index (χ0n) is 17.4. The highest BCUT2D eigenvalue weighted by Gasteiger charge is 2.13. The summed E-state index contributed by atoms with van der Waals surface area (Å²) in [5, 5.41) is 15.3. The Morgan fingerprint density at radius 3 is 2.59 bits per heavy atom. The molecular formula is C24H29N3O2. The monoisotopic (exact) mass is 391 g/mol. The van der Waals surface area contributed by atoms with E-state index in [0.29, 0.717) is 18.7 Å². The lowest BCUT2D eigenvalue weighted by atomic mass is 10.0. The molecule has 2 aromatic carbocycles. The average Bonchev–Trinajstić information content (AvgIpc) is 2.75. The molecular weight excluding hydrogens is 362 g/mol. The van der Waals surface area contributed by atoms with Gasteiger partial charge in [0.2, 0.25) is 0 Å². The molecule has 0 saturated carbocycles. The van der Waals surface area contributed by atoms with Crippen LogP contribution in [-0.2, 0) is 13.0 Å². The van der Waals surface area contributed by atoms with E-state index in [-0.39, 0.29) is 0 Å². The molecule has 0 atom stereocenters. The molecule has 0 spiro atoms. The van der Waals surface area contributed by atoms with Crippen LogP contribution in [0.15, 0.2) is 55.3 Å². The Kier molecular flexibility index (Phi) is 6.73. The highest BCUT2D eigenvalue weighted by atomic mass is 16.5. The number of benzene rings is 2. The predicted molar refractivity (Wildman–Crippen MR) is 120 cm³/mol. The molecule has 3 rings (SSSR count). The van der Waals surface area contributed by atoms with Crippen LogP contribution in [-0.4, -0.2) is 35.2 Å². The van der Waals surface area contributed by atoms with E-state index in [4.69, 9.17) is 4.74 Å². The molecule has 1 heterocycles. The number of pyridine rings is 1. The van der Waals surface area contributed by atoms with Crippen LogP contribution in [0, 0.1) is 0 Å². The van der Waals surface area contributed by atoms with Crippen LogP contribution in [0.3, 0.4) is 0 Å². The summed E-state index contributed by atoms with van der Waals surface area (Å²) < 4.78 is 5.38. The molecule has 0 amide bonds. The molecule has 0 aliphatic rings. The number of nitrogens with one attached hydrogen (secondary N) is 1. The van der Waals surface area contributed by atoms with Crippen LogP contribution in [0.5, 0.6) is 11.5 Å². The number of phenolic OH excluding ortho intramolecular Hbond substituents is 1. The maximum absolute atomic E-state index is 10.8. The van der Waals surface area contributed by atoms with Crippen molar-refractivity contribution in [3.63, 3.8) is 0 Å². The van der Waals surface area contributed by atoms with Gasteiger partial charge in [0.15, 0.2) is 0 Å². The largest absolute Gasteiger partial charge is 0.507 e. The summed E-state index contributed by atoms with van der Waals surface area (Å²) in [5.74, 6) is 1.14. The number of aromatic nitrogens is 1. The number of nitrogens with zero attached hydrogens (tertiary/aromatic N) is 2. The van der Waals surface area contributed by atoms with Gasteiger partial charge >= 0.3 is 0 Å². The third-order valence-electron chi connectivity index (χ3n) is 5.15. The molecule has 0 fully saturated rings. The van der Waals surface area contributed by atoms with Crippen LogP contribution in [0.4, 0.5) is 11.4 Å². The van der Waals surface area contributed by atoms with Crippen molar-refractivity contribution in [1.29, 1.82) is 0 Å². The van der Waals surface area contributed by atoms with Crippen molar-refractivity contribution in [2.24, 2.45) is 0 Å². The first-order valence-corrected chi connectivity index (χ1v) is 9.97. The van der Waals surface area contributed by atoms with Gasteiger partial charge in [-0.3, -0.25) is 9.88 Å². The van der Waals surface area contributed by atoms with Gasteiger partial charge in [0.1, 0.15) is 11.5 Å². The Hall–Kier alpha value is -3.05. The van der Waals surface area contributed by atoms with E-state index in [2.05, 4.69) is 35.6 Å². The standard InChI is InChI=1S/C24H29N3O2/c1-5-8-17-13-19(14-18(24(17)28)16-27(6-2)7-3)26-23-11-12-25-22-10-9-20(29-4)15-21(22)23/h5,9-15,28H,1,6-8,16H2,2-4H3,(H,25,26). The lowest BCUT2D eigenvalue weighted by molar-refractivity contribution is 0.290. The third-order valence-corrected chi connectivity index (χ3v) is 5.15. The fourth-order valence-corrected chi connectivity index (χ4v) is 3.47. The van der Waals surface area contributed by atoms with Crippen molar-refractivity contribution < 1.29 is 9.84 Å².